The summed E-state index contributed by atoms with van der Waals surface area (Å²) in [5.41, 5.74) is 5.75. The van der Waals surface area contributed by atoms with Gasteiger partial charge in [0.2, 0.25) is 5.91 Å². The van der Waals surface area contributed by atoms with Crippen LogP contribution in [0.5, 0.6) is 0 Å². The van der Waals surface area contributed by atoms with Gasteiger partial charge in [0.05, 0.1) is 0 Å². The van der Waals surface area contributed by atoms with Gasteiger partial charge in [0.1, 0.15) is 6.54 Å². The Labute approximate surface area is 108 Å². The summed E-state index contributed by atoms with van der Waals surface area (Å²) in [7, 11) is 0. The molecule has 1 amide bonds. The fourth-order valence-corrected chi connectivity index (χ4v) is 2.42. The van der Waals surface area contributed by atoms with Gasteiger partial charge in [-0.2, -0.15) is 0 Å². The van der Waals surface area contributed by atoms with Crippen molar-refractivity contribution in [3.05, 3.63) is 12.7 Å². The van der Waals surface area contributed by atoms with Crippen molar-refractivity contribution >= 4 is 11.9 Å². The van der Waals surface area contributed by atoms with Crippen LogP contribution in [0.4, 0.5) is 0 Å². The van der Waals surface area contributed by atoms with Crippen LogP contribution in [-0.2, 0) is 9.59 Å². The molecule has 5 heteroatoms. The second-order valence-electron chi connectivity index (χ2n) is 5.06. The van der Waals surface area contributed by atoms with E-state index in [1.807, 2.05) is 0 Å². The van der Waals surface area contributed by atoms with Crippen LogP contribution < -0.4 is 5.73 Å². The first-order chi connectivity index (χ1) is 8.47. The van der Waals surface area contributed by atoms with Crippen LogP contribution >= 0.6 is 0 Å². The number of nitrogens with zero attached hydrogens (tertiary/aromatic N) is 1. The van der Waals surface area contributed by atoms with Gasteiger partial charge >= 0.3 is 5.97 Å². The van der Waals surface area contributed by atoms with Gasteiger partial charge in [-0.3, -0.25) is 9.59 Å². The molecule has 5 nitrogen and oxygen atoms in total. The van der Waals surface area contributed by atoms with Crippen LogP contribution in [0.2, 0.25) is 0 Å². The highest BCUT2D eigenvalue weighted by molar-refractivity contribution is 5.82. The van der Waals surface area contributed by atoms with Crippen molar-refractivity contribution in [3.8, 4) is 0 Å². The normalized spacial score (nSPS) is 18.1. The molecule has 18 heavy (non-hydrogen) atoms. The third-order valence-electron chi connectivity index (χ3n) is 3.38. The molecule has 0 aromatic rings. The minimum absolute atomic E-state index is 0.193. The number of carbonyl (C=O) groups is 2. The maximum absolute atomic E-state index is 12.1. The number of amides is 1. The van der Waals surface area contributed by atoms with Gasteiger partial charge < -0.3 is 15.7 Å². The SMILES string of the molecule is C=CCN(CC(=O)O)C(=O)CC1(N)CCCCC1. The molecule has 0 unspecified atom stereocenters. The highest BCUT2D eigenvalue weighted by atomic mass is 16.4. The number of aliphatic carboxylic acids is 1. The van der Waals surface area contributed by atoms with Gasteiger partial charge in [-0.1, -0.05) is 25.3 Å². The summed E-state index contributed by atoms with van der Waals surface area (Å²) in [6.45, 7) is 3.50. The largest absolute Gasteiger partial charge is 0.480 e. The molecule has 0 bridgehead atoms. The second-order valence-corrected chi connectivity index (χ2v) is 5.06. The van der Waals surface area contributed by atoms with Crippen LogP contribution in [0.1, 0.15) is 38.5 Å². The van der Waals surface area contributed by atoms with E-state index in [-0.39, 0.29) is 25.4 Å². The molecule has 1 rings (SSSR count). The first-order valence-electron chi connectivity index (χ1n) is 6.36. The lowest BCUT2D eigenvalue weighted by Crippen LogP contribution is -2.47. The van der Waals surface area contributed by atoms with E-state index in [1.54, 1.807) is 0 Å². The van der Waals surface area contributed by atoms with Crippen LogP contribution in [0, 0.1) is 0 Å². The second kappa shape index (κ2) is 6.54. The van der Waals surface area contributed by atoms with Gasteiger partial charge in [-0.25, -0.2) is 0 Å². The first kappa shape index (κ1) is 14.7. The first-order valence-corrected chi connectivity index (χ1v) is 6.36. The molecule has 0 radical (unpaired) electrons. The molecule has 102 valence electrons. The Morgan fingerprint density at radius 3 is 2.44 bits per heavy atom. The zero-order valence-electron chi connectivity index (χ0n) is 10.7. The van der Waals surface area contributed by atoms with E-state index in [1.165, 1.54) is 17.4 Å². The van der Waals surface area contributed by atoms with Crippen molar-refractivity contribution in [3.63, 3.8) is 0 Å². The fourth-order valence-electron chi connectivity index (χ4n) is 2.42. The monoisotopic (exact) mass is 254 g/mol. The number of rotatable bonds is 6. The van der Waals surface area contributed by atoms with Crippen molar-refractivity contribution < 1.29 is 14.7 Å². The molecule has 0 aliphatic heterocycles. The van der Waals surface area contributed by atoms with E-state index in [0.717, 1.165) is 25.7 Å². The molecule has 1 saturated carbocycles. The zero-order valence-corrected chi connectivity index (χ0v) is 10.7. The quantitative estimate of drug-likeness (QED) is 0.696. The molecule has 0 spiro atoms. The Balaban J connectivity index is 2.59. The Morgan fingerprint density at radius 2 is 1.94 bits per heavy atom. The Hall–Kier alpha value is -1.36. The Kier molecular flexibility index (Phi) is 5.34. The third kappa shape index (κ3) is 4.49. The Bertz CT molecular complexity index is 322. The lowest BCUT2D eigenvalue weighted by molar-refractivity contribution is -0.144. The van der Waals surface area contributed by atoms with Crippen LogP contribution in [0.15, 0.2) is 12.7 Å². The maximum Gasteiger partial charge on any atom is 0.323 e. The summed E-state index contributed by atoms with van der Waals surface area (Å²) in [5.74, 6) is -1.21. The van der Waals surface area contributed by atoms with Crippen molar-refractivity contribution in [2.45, 2.75) is 44.1 Å². The molecule has 0 atom stereocenters. The summed E-state index contributed by atoms with van der Waals surface area (Å²) < 4.78 is 0. The molecule has 0 heterocycles. The summed E-state index contributed by atoms with van der Waals surface area (Å²) in [4.78, 5) is 24.1. The van der Waals surface area contributed by atoms with E-state index in [4.69, 9.17) is 10.8 Å². The lowest BCUT2D eigenvalue weighted by Gasteiger charge is -2.34. The molecular weight excluding hydrogens is 232 g/mol. The van der Waals surface area contributed by atoms with E-state index < -0.39 is 11.5 Å². The minimum atomic E-state index is -1.01. The smallest absolute Gasteiger partial charge is 0.323 e. The van der Waals surface area contributed by atoms with Crippen molar-refractivity contribution in [1.82, 2.24) is 4.90 Å². The van der Waals surface area contributed by atoms with Crippen molar-refractivity contribution in [2.75, 3.05) is 13.1 Å². The molecule has 1 aliphatic rings. The standard InChI is InChI=1S/C13H22N2O3/c1-2-8-15(10-12(17)18)11(16)9-13(14)6-4-3-5-7-13/h2H,1,3-10,14H2,(H,17,18). The zero-order chi connectivity index (χ0) is 13.6. The van der Waals surface area contributed by atoms with Gasteiger partial charge in [-0.05, 0) is 12.8 Å². The number of carbonyl (C=O) groups excluding carboxylic acids is 1. The van der Waals surface area contributed by atoms with Crippen LogP contribution in [0.25, 0.3) is 0 Å². The predicted octanol–water partition coefficient (Wildman–Crippen LogP) is 1.14. The summed E-state index contributed by atoms with van der Waals surface area (Å²) in [5, 5.41) is 8.77. The molecule has 1 aliphatic carbocycles. The topological polar surface area (TPSA) is 83.6 Å². The highest BCUT2D eigenvalue weighted by Crippen LogP contribution is 2.29. The summed E-state index contributed by atoms with van der Waals surface area (Å²) in [6.07, 6.45) is 6.70. The summed E-state index contributed by atoms with van der Waals surface area (Å²) in [6, 6.07) is 0. The number of nitrogens with two attached hydrogens (primary N) is 1. The highest BCUT2D eigenvalue weighted by Gasteiger charge is 2.31. The molecular formula is C13H22N2O3. The molecule has 0 aromatic carbocycles. The van der Waals surface area contributed by atoms with Crippen LogP contribution in [0.3, 0.4) is 0 Å². The van der Waals surface area contributed by atoms with Gasteiger partial charge in [-0.15, -0.1) is 6.58 Å². The van der Waals surface area contributed by atoms with Gasteiger partial charge in [0, 0.05) is 18.5 Å². The van der Waals surface area contributed by atoms with E-state index in [2.05, 4.69) is 6.58 Å². The number of carboxylic acid groups (broad SMARTS) is 1. The lowest BCUT2D eigenvalue weighted by atomic mass is 9.80. The number of carboxylic acids is 1. The van der Waals surface area contributed by atoms with Crippen LogP contribution in [-0.4, -0.2) is 40.5 Å². The molecule has 0 saturated heterocycles. The number of hydrogen-bond donors (Lipinski definition) is 2. The fraction of sp³-hybridized carbons (Fsp3) is 0.692. The molecule has 1 fully saturated rings. The van der Waals surface area contributed by atoms with Crippen molar-refractivity contribution in [1.29, 1.82) is 0 Å². The Morgan fingerprint density at radius 1 is 1.33 bits per heavy atom. The number of hydrogen-bond acceptors (Lipinski definition) is 3. The van der Waals surface area contributed by atoms with E-state index >= 15 is 0 Å². The maximum atomic E-state index is 12.1. The average Bonchev–Trinajstić information content (AvgIpc) is 2.28. The molecule has 3 N–H and O–H groups in total. The minimum Gasteiger partial charge on any atom is -0.480 e. The third-order valence-corrected chi connectivity index (χ3v) is 3.38. The van der Waals surface area contributed by atoms with E-state index in [9.17, 15) is 9.59 Å². The van der Waals surface area contributed by atoms with E-state index in [0.29, 0.717) is 0 Å². The van der Waals surface area contributed by atoms with Crippen molar-refractivity contribution in [2.24, 2.45) is 5.73 Å². The predicted molar refractivity (Wildman–Crippen MR) is 69.0 cm³/mol. The average molecular weight is 254 g/mol. The van der Waals surface area contributed by atoms with Gasteiger partial charge in [0.25, 0.3) is 0 Å². The van der Waals surface area contributed by atoms with Gasteiger partial charge in [0.15, 0.2) is 0 Å². The summed E-state index contributed by atoms with van der Waals surface area (Å²) >= 11 is 0. The molecule has 0 aromatic heterocycles.